The van der Waals surface area contributed by atoms with Crippen LogP contribution in [0.3, 0.4) is 0 Å². The fourth-order valence-corrected chi connectivity index (χ4v) is 4.05. The number of nitrogens with one attached hydrogen (secondary N) is 2. The Bertz CT molecular complexity index is 1130. The van der Waals surface area contributed by atoms with Crippen molar-refractivity contribution in [3.8, 4) is 0 Å². The molecule has 3 rings (SSSR count). The van der Waals surface area contributed by atoms with Crippen molar-refractivity contribution in [2.75, 3.05) is 31.2 Å². The highest BCUT2D eigenvalue weighted by Gasteiger charge is 2.44. The summed E-state index contributed by atoms with van der Waals surface area (Å²) in [6.07, 6.45) is 2.38. The molecule has 13 heteroatoms. The van der Waals surface area contributed by atoms with Gasteiger partial charge in [0, 0.05) is 10.1 Å². The topological polar surface area (TPSA) is 108 Å². The van der Waals surface area contributed by atoms with Crippen LogP contribution in [0.5, 0.6) is 0 Å². The maximum Gasteiger partial charge on any atom is 0.263 e. The Labute approximate surface area is 204 Å². The van der Waals surface area contributed by atoms with E-state index in [1.165, 1.54) is 17.0 Å². The molecule has 0 atom stereocenters. The quantitative estimate of drug-likeness (QED) is 0.243. The number of nitro groups is 1. The number of carbonyl (C=O) groups is 1. The van der Waals surface area contributed by atoms with Crippen LogP contribution < -0.4 is 10.6 Å². The molecule has 1 heterocycles. The van der Waals surface area contributed by atoms with E-state index >= 15 is 0 Å². The van der Waals surface area contributed by atoms with Crippen molar-refractivity contribution in [2.24, 2.45) is 0 Å². The molecule has 0 aliphatic carbocycles. The van der Waals surface area contributed by atoms with Gasteiger partial charge >= 0.3 is 0 Å². The SMILES string of the molecule is CSC(=C[N+](=O)[O-])NCC1(O)CN(C(=O)c2ccc(F)c(F)c2Nc2ccc(I)cc2F)C1. The summed E-state index contributed by atoms with van der Waals surface area (Å²) in [6, 6.07) is 5.96. The average molecular weight is 594 g/mol. The molecule has 176 valence electrons. The van der Waals surface area contributed by atoms with Gasteiger partial charge in [0.25, 0.3) is 12.1 Å². The normalized spacial score (nSPS) is 15.1. The predicted octanol–water partition coefficient (Wildman–Crippen LogP) is 3.67. The number of aliphatic hydroxyl groups is 1. The van der Waals surface area contributed by atoms with E-state index in [1.54, 1.807) is 12.3 Å². The van der Waals surface area contributed by atoms with Gasteiger partial charge in [0.05, 0.1) is 35.0 Å². The number of carbonyl (C=O) groups excluding carboxylic acids is 1. The first-order chi connectivity index (χ1) is 15.5. The second kappa shape index (κ2) is 10.2. The van der Waals surface area contributed by atoms with Crippen LogP contribution in [0.2, 0.25) is 0 Å². The van der Waals surface area contributed by atoms with Crippen LogP contribution in [-0.2, 0) is 0 Å². The number of hydrogen-bond donors (Lipinski definition) is 3. The molecule has 0 bridgehead atoms. The lowest BCUT2D eigenvalue weighted by Gasteiger charge is -2.46. The van der Waals surface area contributed by atoms with Crippen molar-refractivity contribution in [1.29, 1.82) is 0 Å². The molecule has 1 amide bonds. The second-order valence-electron chi connectivity index (χ2n) is 7.26. The monoisotopic (exact) mass is 594 g/mol. The van der Waals surface area contributed by atoms with Crippen molar-refractivity contribution in [3.05, 3.63) is 78.3 Å². The van der Waals surface area contributed by atoms with Crippen molar-refractivity contribution in [2.45, 2.75) is 5.60 Å². The number of anilines is 2. The van der Waals surface area contributed by atoms with Gasteiger partial charge in [-0.05, 0) is 59.2 Å². The van der Waals surface area contributed by atoms with E-state index in [9.17, 15) is 33.2 Å². The van der Waals surface area contributed by atoms with Crippen LogP contribution in [0, 0.1) is 31.1 Å². The lowest BCUT2D eigenvalue weighted by molar-refractivity contribution is -0.403. The summed E-state index contributed by atoms with van der Waals surface area (Å²) in [5.74, 6) is -3.96. The summed E-state index contributed by atoms with van der Waals surface area (Å²) < 4.78 is 43.3. The van der Waals surface area contributed by atoms with E-state index in [0.29, 0.717) is 3.57 Å². The first-order valence-corrected chi connectivity index (χ1v) is 11.7. The maximum absolute atomic E-state index is 14.6. The van der Waals surface area contributed by atoms with Crippen LogP contribution in [0.15, 0.2) is 41.6 Å². The zero-order chi connectivity index (χ0) is 24.3. The van der Waals surface area contributed by atoms with Crippen LogP contribution in [0.4, 0.5) is 24.5 Å². The Morgan fingerprint density at radius 2 is 2.00 bits per heavy atom. The summed E-state index contributed by atoms with van der Waals surface area (Å²) in [4.78, 5) is 24.1. The number of nitrogens with zero attached hydrogens (tertiary/aromatic N) is 2. The van der Waals surface area contributed by atoms with Gasteiger partial charge < -0.3 is 20.6 Å². The summed E-state index contributed by atoms with van der Waals surface area (Å²) in [5, 5.41) is 26.6. The van der Waals surface area contributed by atoms with E-state index in [2.05, 4.69) is 10.6 Å². The minimum atomic E-state index is -1.37. The molecule has 3 N–H and O–H groups in total. The molecule has 0 saturated carbocycles. The van der Waals surface area contributed by atoms with E-state index in [0.717, 1.165) is 30.1 Å². The number of halogens is 4. The molecular formula is C20H18F3IN4O4S. The maximum atomic E-state index is 14.6. The van der Waals surface area contributed by atoms with Crippen LogP contribution >= 0.6 is 34.4 Å². The average Bonchev–Trinajstić information content (AvgIpc) is 2.73. The Morgan fingerprint density at radius 3 is 2.61 bits per heavy atom. The highest BCUT2D eigenvalue weighted by Crippen LogP contribution is 2.31. The molecule has 8 nitrogen and oxygen atoms in total. The van der Waals surface area contributed by atoms with Crippen LogP contribution in [0.1, 0.15) is 10.4 Å². The fourth-order valence-electron chi connectivity index (χ4n) is 3.18. The molecule has 0 aromatic heterocycles. The summed E-state index contributed by atoms with van der Waals surface area (Å²) in [6.45, 7) is -0.349. The standard InChI is InChI=1S/C20H18F3IN4O4S/c1-33-16(7-28(31)32)25-8-20(30)9-27(10-20)19(29)12-3-4-13(21)17(23)18(12)26-15-5-2-11(24)6-14(15)22/h2-7,25-26,30H,8-10H2,1H3. The summed E-state index contributed by atoms with van der Waals surface area (Å²) >= 11 is 2.98. The van der Waals surface area contributed by atoms with Crippen molar-refractivity contribution in [1.82, 2.24) is 10.2 Å². The lowest BCUT2D eigenvalue weighted by Crippen LogP contribution is -2.67. The largest absolute Gasteiger partial charge is 0.384 e. The van der Waals surface area contributed by atoms with Gasteiger partial charge in [0.15, 0.2) is 11.6 Å². The molecule has 0 unspecified atom stereocenters. The van der Waals surface area contributed by atoms with E-state index in [4.69, 9.17) is 0 Å². The number of benzene rings is 2. The molecule has 1 saturated heterocycles. The van der Waals surface area contributed by atoms with Crippen LogP contribution in [-0.4, -0.2) is 52.3 Å². The number of likely N-dealkylation sites (tertiary alicyclic amines) is 1. The minimum absolute atomic E-state index is 0.0615. The summed E-state index contributed by atoms with van der Waals surface area (Å²) in [7, 11) is 0. The van der Waals surface area contributed by atoms with Crippen LogP contribution in [0.25, 0.3) is 0 Å². The Hall–Kier alpha value is -2.52. The summed E-state index contributed by atoms with van der Waals surface area (Å²) in [5.41, 5.74) is -2.26. The highest BCUT2D eigenvalue weighted by molar-refractivity contribution is 14.1. The minimum Gasteiger partial charge on any atom is -0.384 e. The van der Waals surface area contributed by atoms with Crippen molar-refractivity contribution >= 4 is 51.6 Å². The van der Waals surface area contributed by atoms with Gasteiger partial charge in [0.1, 0.15) is 16.4 Å². The molecule has 1 fully saturated rings. The first kappa shape index (κ1) is 25.1. The van der Waals surface area contributed by atoms with E-state index in [1.807, 2.05) is 22.6 Å². The van der Waals surface area contributed by atoms with Gasteiger partial charge in [-0.25, -0.2) is 13.2 Å². The smallest absolute Gasteiger partial charge is 0.263 e. The highest BCUT2D eigenvalue weighted by atomic mass is 127. The Kier molecular flexibility index (Phi) is 7.74. The number of rotatable bonds is 8. The third-order valence-electron chi connectivity index (χ3n) is 4.81. The second-order valence-corrected chi connectivity index (χ2v) is 9.35. The van der Waals surface area contributed by atoms with Gasteiger partial charge in [-0.1, -0.05) is 0 Å². The molecule has 1 aliphatic rings. The molecule has 0 spiro atoms. The molecule has 2 aromatic carbocycles. The number of hydrogen-bond acceptors (Lipinski definition) is 7. The first-order valence-electron chi connectivity index (χ1n) is 9.38. The van der Waals surface area contributed by atoms with Gasteiger partial charge in [0.2, 0.25) is 0 Å². The Morgan fingerprint density at radius 1 is 1.30 bits per heavy atom. The van der Waals surface area contributed by atoms with Gasteiger partial charge in [-0.3, -0.25) is 14.9 Å². The number of amides is 1. The zero-order valence-electron chi connectivity index (χ0n) is 17.1. The van der Waals surface area contributed by atoms with Gasteiger partial charge in [-0.15, -0.1) is 11.8 Å². The lowest BCUT2D eigenvalue weighted by atomic mass is 9.93. The van der Waals surface area contributed by atoms with E-state index < -0.39 is 39.6 Å². The van der Waals surface area contributed by atoms with E-state index in [-0.39, 0.29) is 35.9 Å². The Balaban J connectivity index is 1.76. The molecular weight excluding hydrogens is 576 g/mol. The predicted molar refractivity (Wildman–Crippen MR) is 126 cm³/mol. The number of β-amino-alcohol motifs (C(OH)–C–C–N with tert-alkyl or cyclic N) is 1. The van der Waals surface area contributed by atoms with Crippen molar-refractivity contribution < 1.29 is 28.0 Å². The third kappa shape index (κ3) is 5.89. The molecule has 1 aliphatic heterocycles. The molecule has 0 radical (unpaired) electrons. The van der Waals surface area contributed by atoms with Crippen molar-refractivity contribution in [3.63, 3.8) is 0 Å². The zero-order valence-corrected chi connectivity index (χ0v) is 20.0. The fraction of sp³-hybridized carbons (Fsp3) is 0.250. The molecule has 33 heavy (non-hydrogen) atoms. The number of thioether (sulfide) groups is 1. The van der Waals surface area contributed by atoms with Gasteiger partial charge in [-0.2, -0.15) is 0 Å². The third-order valence-corrected chi connectivity index (χ3v) is 6.17. The molecule has 2 aromatic rings.